The third-order valence-electron chi connectivity index (χ3n) is 7.20. The number of carbonyl (C=O) groups excluding carboxylic acids is 1. The summed E-state index contributed by atoms with van der Waals surface area (Å²) in [6.45, 7) is 1.57. The van der Waals surface area contributed by atoms with Gasteiger partial charge in [0.1, 0.15) is 11.5 Å². The molecule has 2 aromatic heterocycles. The summed E-state index contributed by atoms with van der Waals surface area (Å²) in [5, 5.41) is 1.58. The van der Waals surface area contributed by atoms with Crippen LogP contribution in [0.5, 0.6) is 11.5 Å². The molecular formula is C37H46O5S2. The molecule has 0 fully saturated rings. The van der Waals surface area contributed by atoms with Crippen LogP contribution in [0, 0.1) is 0 Å². The van der Waals surface area contributed by atoms with Crippen molar-refractivity contribution >= 4 is 29.3 Å². The first-order valence-electron chi connectivity index (χ1n) is 16.1. The monoisotopic (exact) mass is 634 g/mol. The molecule has 0 amide bonds. The van der Waals surface area contributed by atoms with Crippen molar-refractivity contribution in [2.75, 3.05) is 24.7 Å². The Morgan fingerprint density at radius 1 is 0.477 bits per heavy atom. The van der Waals surface area contributed by atoms with Gasteiger partial charge in [-0.15, -0.1) is 0 Å². The van der Waals surface area contributed by atoms with Crippen LogP contribution in [0.3, 0.4) is 0 Å². The van der Waals surface area contributed by atoms with Crippen LogP contribution < -0.4 is 9.47 Å². The molecule has 0 aliphatic rings. The van der Waals surface area contributed by atoms with E-state index >= 15 is 0 Å². The Morgan fingerprint density at radius 2 is 0.864 bits per heavy atom. The Morgan fingerprint density at radius 3 is 1.30 bits per heavy atom. The number of hydrogen-bond acceptors (Lipinski definition) is 7. The van der Waals surface area contributed by atoms with Crippen LogP contribution in [0.15, 0.2) is 104 Å². The van der Waals surface area contributed by atoms with E-state index in [4.69, 9.17) is 18.3 Å². The molecule has 0 saturated heterocycles. The first kappa shape index (κ1) is 33.9. The van der Waals surface area contributed by atoms with Gasteiger partial charge in [0.2, 0.25) is 0 Å². The molecule has 0 atom stereocenters. The third kappa shape index (κ3) is 13.3. The molecule has 0 aliphatic carbocycles. The van der Waals surface area contributed by atoms with Gasteiger partial charge < -0.3 is 18.3 Å². The lowest BCUT2D eigenvalue weighted by Crippen LogP contribution is -1.97. The van der Waals surface area contributed by atoms with Crippen molar-refractivity contribution < 1.29 is 23.1 Å². The van der Waals surface area contributed by atoms with Gasteiger partial charge in [-0.25, -0.2) is 0 Å². The van der Waals surface area contributed by atoms with Crippen LogP contribution in [0.25, 0.3) is 0 Å². The van der Waals surface area contributed by atoms with Crippen molar-refractivity contribution in [2.24, 2.45) is 0 Å². The molecule has 236 valence electrons. The fourth-order valence-electron chi connectivity index (χ4n) is 4.74. The molecule has 4 rings (SSSR count). The first-order valence-corrected chi connectivity index (χ1v) is 18.1. The van der Waals surface area contributed by atoms with Crippen LogP contribution in [0.1, 0.15) is 93.4 Å². The van der Waals surface area contributed by atoms with Crippen LogP contribution in [-0.4, -0.2) is 30.5 Å². The van der Waals surface area contributed by atoms with Gasteiger partial charge in [-0.3, -0.25) is 4.79 Å². The van der Waals surface area contributed by atoms with Crippen molar-refractivity contribution in [3.8, 4) is 11.5 Å². The van der Waals surface area contributed by atoms with E-state index in [1.165, 1.54) is 51.4 Å². The first-order chi connectivity index (χ1) is 21.8. The summed E-state index contributed by atoms with van der Waals surface area (Å²) in [6.07, 6.45) is 14.2. The number of para-hydroxylation sites is 2. The Hall–Kier alpha value is -3.03. The van der Waals surface area contributed by atoms with E-state index in [1.54, 1.807) is 35.7 Å². The SMILES string of the molecule is O=C(c1ccc(SCCCCCCCCOc2ccccc2)o1)c1ccc(SCCCCCCCCOc2ccccc2)o1. The lowest BCUT2D eigenvalue weighted by Gasteiger charge is -2.05. The van der Waals surface area contributed by atoms with Gasteiger partial charge in [0, 0.05) is 11.5 Å². The van der Waals surface area contributed by atoms with E-state index in [1.807, 2.05) is 72.8 Å². The Kier molecular flexibility index (Phi) is 16.0. The molecule has 4 aromatic rings. The number of benzene rings is 2. The van der Waals surface area contributed by atoms with E-state index < -0.39 is 0 Å². The second-order valence-electron chi connectivity index (χ2n) is 10.8. The normalized spacial score (nSPS) is 11.1. The van der Waals surface area contributed by atoms with Crippen LogP contribution >= 0.6 is 23.5 Å². The summed E-state index contributed by atoms with van der Waals surface area (Å²) in [5.41, 5.74) is 0. The van der Waals surface area contributed by atoms with Gasteiger partial charge in [0.25, 0.3) is 5.78 Å². The zero-order chi connectivity index (χ0) is 30.5. The topological polar surface area (TPSA) is 61.8 Å². The summed E-state index contributed by atoms with van der Waals surface area (Å²) >= 11 is 3.34. The number of furan rings is 2. The summed E-state index contributed by atoms with van der Waals surface area (Å²) in [4.78, 5) is 12.9. The lowest BCUT2D eigenvalue weighted by molar-refractivity contribution is 0.0973. The van der Waals surface area contributed by atoms with Crippen LogP contribution in [0.2, 0.25) is 0 Å². The fourth-order valence-corrected chi connectivity index (χ4v) is 6.47. The van der Waals surface area contributed by atoms with Gasteiger partial charge in [0.05, 0.1) is 13.2 Å². The van der Waals surface area contributed by atoms with Gasteiger partial charge >= 0.3 is 0 Å². The molecule has 0 N–H and O–H groups in total. The molecular weight excluding hydrogens is 589 g/mol. The van der Waals surface area contributed by atoms with E-state index in [9.17, 15) is 4.79 Å². The molecule has 7 heteroatoms. The van der Waals surface area contributed by atoms with Gasteiger partial charge in [-0.2, -0.15) is 0 Å². The molecule has 2 heterocycles. The maximum absolute atomic E-state index is 12.9. The van der Waals surface area contributed by atoms with E-state index in [0.29, 0.717) is 11.5 Å². The average Bonchev–Trinajstić information content (AvgIpc) is 3.74. The van der Waals surface area contributed by atoms with E-state index in [-0.39, 0.29) is 5.78 Å². The largest absolute Gasteiger partial charge is 0.494 e. The molecule has 0 radical (unpaired) electrons. The highest BCUT2D eigenvalue weighted by molar-refractivity contribution is 7.99. The maximum atomic E-state index is 12.9. The second kappa shape index (κ2) is 20.8. The van der Waals surface area contributed by atoms with E-state index in [2.05, 4.69) is 0 Å². The zero-order valence-electron chi connectivity index (χ0n) is 25.8. The summed E-state index contributed by atoms with van der Waals surface area (Å²) in [7, 11) is 0. The minimum absolute atomic E-state index is 0.198. The lowest BCUT2D eigenvalue weighted by atomic mass is 10.1. The standard InChI is InChI=1S/C37H46O5S2/c38-37(33-23-25-35(41-33)43-29-17-7-3-1-5-15-27-39-31-19-11-9-12-20-31)34-24-26-36(42-34)44-30-18-8-4-2-6-16-28-40-32-21-13-10-14-22-32/h9-14,19-26H,1-8,15-18,27-30H2. The molecule has 2 aromatic carbocycles. The smallest absolute Gasteiger partial charge is 0.263 e. The number of ether oxygens (including phenoxy) is 2. The summed E-state index contributed by atoms with van der Waals surface area (Å²) < 4.78 is 23.1. The van der Waals surface area contributed by atoms with Gasteiger partial charge in [-0.05, 0) is 74.2 Å². The Bertz CT molecular complexity index is 1200. The predicted molar refractivity (Wildman–Crippen MR) is 182 cm³/mol. The van der Waals surface area contributed by atoms with Crippen molar-refractivity contribution in [3.05, 3.63) is 96.4 Å². The predicted octanol–water partition coefficient (Wildman–Crippen LogP) is 11.1. The van der Waals surface area contributed by atoms with Crippen molar-refractivity contribution in [3.63, 3.8) is 0 Å². The number of thioether (sulfide) groups is 2. The minimum Gasteiger partial charge on any atom is -0.494 e. The minimum atomic E-state index is -0.198. The maximum Gasteiger partial charge on any atom is 0.263 e. The Labute approximate surface area is 271 Å². The molecule has 0 aliphatic heterocycles. The van der Waals surface area contributed by atoms with Crippen molar-refractivity contribution in [1.82, 2.24) is 0 Å². The number of carbonyl (C=O) groups is 1. The highest BCUT2D eigenvalue weighted by Crippen LogP contribution is 2.27. The zero-order valence-corrected chi connectivity index (χ0v) is 27.4. The Balaban J connectivity index is 0.980. The number of ketones is 1. The molecule has 0 bridgehead atoms. The number of hydrogen-bond donors (Lipinski definition) is 0. The van der Waals surface area contributed by atoms with Crippen LogP contribution in [-0.2, 0) is 0 Å². The van der Waals surface area contributed by atoms with Crippen molar-refractivity contribution in [1.29, 1.82) is 0 Å². The van der Waals surface area contributed by atoms with Crippen molar-refractivity contribution in [2.45, 2.75) is 87.2 Å². The second-order valence-corrected chi connectivity index (χ2v) is 13.0. The number of rotatable bonds is 24. The fraction of sp³-hybridized carbons (Fsp3) is 0.432. The molecule has 5 nitrogen and oxygen atoms in total. The van der Waals surface area contributed by atoms with Crippen LogP contribution in [0.4, 0.5) is 0 Å². The van der Waals surface area contributed by atoms with Gasteiger partial charge in [-0.1, -0.05) is 111 Å². The molecule has 44 heavy (non-hydrogen) atoms. The van der Waals surface area contributed by atoms with Gasteiger partial charge in [0.15, 0.2) is 21.7 Å². The third-order valence-corrected chi connectivity index (χ3v) is 9.19. The quantitative estimate of drug-likeness (QED) is 0.0432. The van der Waals surface area contributed by atoms with E-state index in [0.717, 1.165) is 72.1 Å². The highest BCUT2D eigenvalue weighted by Gasteiger charge is 2.18. The average molecular weight is 635 g/mol. The summed E-state index contributed by atoms with van der Waals surface area (Å²) in [5.74, 6) is 4.35. The summed E-state index contributed by atoms with van der Waals surface area (Å²) in [6, 6.07) is 27.3. The molecule has 0 spiro atoms. The molecule has 0 unspecified atom stereocenters. The highest BCUT2D eigenvalue weighted by atomic mass is 32.2. The molecule has 0 saturated carbocycles. The number of unbranched alkanes of at least 4 members (excludes halogenated alkanes) is 10.